The first-order valence-electron chi connectivity index (χ1n) is 7.61. The summed E-state index contributed by atoms with van der Waals surface area (Å²) in [4.78, 5) is 26.5. The predicted molar refractivity (Wildman–Crippen MR) is 95.8 cm³/mol. The molecular weight excluding hydrogens is 342 g/mol. The van der Waals surface area contributed by atoms with Crippen molar-refractivity contribution in [3.8, 4) is 0 Å². The molecule has 1 aromatic heterocycles. The summed E-state index contributed by atoms with van der Waals surface area (Å²) in [6, 6.07) is 11.9. The van der Waals surface area contributed by atoms with Crippen molar-refractivity contribution in [2.75, 3.05) is 11.1 Å². The van der Waals surface area contributed by atoms with Crippen molar-refractivity contribution in [1.82, 2.24) is 4.98 Å². The van der Waals surface area contributed by atoms with Gasteiger partial charge in [-0.2, -0.15) is 0 Å². The van der Waals surface area contributed by atoms with Gasteiger partial charge in [-0.05, 0) is 30.2 Å². The number of aromatic nitrogens is 1. The lowest BCUT2D eigenvalue weighted by Crippen LogP contribution is -2.13. The molecule has 7 nitrogen and oxygen atoms in total. The Morgan fingerprint density at radius 3 is 2.72 bits per heavy atom. The highest BCUT2D eigenvalue weighted by Crippen LogP contribution is 2.26. The average molecular weight is 357 g/mol. The van der Waals surface area contributed by atoms with Gasteiger partial charge < -0.3 is 9.73 Å². The fourth-order valence-corrected chi connectivity index (χ4v) is 2.86. The topological polar surface area (TPSA) is 98.3 Å². The van der Waals surface area contributed by atoms with E-state index in [4.69, 9.17) is 4.42 Å². The molecule has 128 valence electrons. The first-order valence-corrected chi connectivity index (χ1v) is 8.60. The van der Waals surface area contributed by atoms with Gasteiger partial charge in [-0.1, -0.05) is 30.8 Å². The van der Waals surface area contributed by atoms with Gasteiger partial charge in [0, 0.05) is 17.8 Å². The van der Waals surface area contributed by atoms with Crippen LogP contribution in [-0.2, 0) is 11.2 Å². The monoisotopic (exact) mass is 357 g/mol. The van der Waals surface area contributed by atoms with Crippen LogP contribution in [0, 0.1) is 10.1 Å². The zero-order chi connectivity index (χ0) is 17.8. The Morgan fingerprint density at radius 2 is 2.04 bits per heavy atom. The number of nitro groups is 1. The molecule has 1 amide bonds. The normalized spacial score (nSPS) is 10.8. The number of oxazole rings is 1. The summed E-state index contributed by atoms with van der Waals surface area (Å²) in [6.07, 6.45) is 0.944. The minimum Gasteiger partial charge on any atom is -0.431 e. The lowest BCUT2D eigenvalue weighted by molar-refractivity contribution is -0.384. The molecule has 0 aliphatic heterocycles. The van der Waals surface area contributed by atoms with E-state index in [1.807, 2.05) is 24.3 Å². The first kappa shape index (κ1) is 17.0. The summed E-state index contributed by atoms with van der Waals surface area (Å²) in [5.74, 6) is -0.0488. The van der Waals surface area contributed by atoms with Crippen molar-refractivity contribution in [2.24, 2.45) is 0 Å². The second kappa shape index (κ2) is 7.35. The average Bonchev–Trinajstić information content (AvgIpc) is 3.02. The maximum atomic E-state index is 12.0. The van der Waals surface area contributed by atoms with E-state index in [1.165, 1.54) is 23.8 Å². The van der Waals surface area contributed by atoms with Gasteiger partial charge in [-0.15, -0.1) is 0 Å². The summed E-state index contributed by atoms with van der Waals surface area (Å²) >= 11 is 1.14. The number of carbonyl (C=O) groups is 1. The maximum Gasteiger partial charge on any atom is 0.271 e. The van der Waals surface area contributed by atoms with Crippen molar-refractivity contribution in [2.45, 2.75) is 18.6 Å². The Hall–Kier alpha value is -2.87. The highest BCUT2D eigenvalue weighted by atomic mass is 32.2. The van der Waals surface area contributed by atoms with E-state index in [9.17, 15) is 14.9 Å². The Balaban J connectivity index is 1.61. The zero-order valence-electron chi connectivity index (χ0n) is 13.4. The quantitative estimate of drug-likeness (QED) is 0.406. The van der Waals surface area contributed by atoms with Gasteiger partial charge in [0.15, 0.2) is 5.58 Å². The number of non-ortho nitro benzene ring substituents is 1. The molecule has 3 rings (SSSR count). The van der Waals surface area contributed by atoms with Gasteiger partial charge in [-0.3, -0.25) is 14.9 Å². The van der Waals surface area contributed by atoms with E-state index < -0.39 is 4.92 Å². The van der Waals surface area contributed by atoms with Crippen molar-refractivity contribution in [3.63, 3.8) is 0 Å². The molecule has 1 N–H and O–H groups in total. The number of fused-ring (bicyclic) bond motifs is 1. The third kappa shape index (κ3) is 4.16. The number of hydrogen-bond donors (Lipinski definition) is 1. The molecule has 0 aliphatic rings. The number of amides is 1. The van der Waals surface area contributed by atoms with Gasteiger partial charge in [0.2, 0.25) is 5.91 Å². The van der Waals surface area contributed by atoms with Crippen LogP contribution in [0.4, 0.5) is 11.4 Å². The van der Waals surface area contributed by atoms with Crippen molar-refractivity contribution in [1.29, 1.82) is 0 Å². The van der Waals surface area contributed by atoms with Crippen LogP contribution in [0.3, 0.4) is 0 Å². The first-order chi connectivity index (χ1) is 12.0. The fourth-order valence-electron chi connectivity index (χ4n) is 2.22. The Bertz CT molecular complexity index is 921. The molecule has 0 aliphatic carbocycles. The highest BCUT2D eigenvalue weighted by molar-refractivity contribution is 7.99. The largest absolute Gasteiger partial charge is 0.431 e. The Morgan fingerprint density at radius 1 is 1.28 bits per heavy atom. The third-order valence-corrected chi connectivity index (χ3v) is 4.36. The summed E-state index contributed by atoms with van der Waals surface area (Å²) < 4.78 is 5.48. The summed E-state index contributed by atoms with van der Waals surface area (Å²) in [5.41, 5.74) is 2.73. The molecule has 0 saturated carbocycles. The van der Waals surface area contributed by atoms with Crippen LogP contribution >= 0.6 is 11.8 Å². The lowest BCUT2D eigenvalue weighted by atomic mass is 10.1. The van der Waals surface area contributed by atoms with E-state index in [1.54, 1.807) is 0 Å². The fraction of sp³-hybridized carbons (Fsp3) is 0.176. The molecule has 0 atom stereocenters. The Labute approximate surface area is 147 Å². The molecule has 0 bridgehead atoms. The van der Waals surface area contributed by atoms with Crippen LogP contribution in [0.25, 0.3) is 11.1 Å². The van der Waals surface area contributed by atoms with E-state index in [0.717, 1.165) is 23.9 Å². The second-order valence-electron chi connectivity index (χ2n) is 5.28. The molecule has 25 heavy (non-hydrogen) atoms. The summed E-state index contributed by atoms with van der Waals surface area (Å²) in [5, 5.41) is 13.9. The zero-order valence-corrected chi connectivity index (χ0v) is 14.2. The molecule has 0 fully saturated rings. The van der Waals surface area contributed by atoms with Crippen LogP contribution in [0.1, 0.15) is 12.5 Å². The third-order valence-electron chi connectivity index (χ3n) is 3.54. The number of anilines is 1. The number of benzene rings is 2. The van der Waals surface area contributed by atoms with Gasteiger partial charge in [0.1, 0.15) is 5.52 Å². The van der Waals surface area contributed by atoms with Gasteiger partial charge in [-0.25, -0.2) is 4.98 Å². The number of carbonyl (C=O) groups excluding carboxylic acids is 1. The highest BCUT2D eigenvalue weighted by Gasteiger charge is 2.13. The number of hydrogen-bond acceptors (Lipinski definition) is 6. The van der Waals surface area contributed by atoms with E-state index >= 15 is 0 Å². The van der Waals surface area contributed by atoms with Gasteiger partial charge >= 0.3 is 0 Å². The standard InChI is InChI=1S/C17H15N3O4S/c1-2-11-3-5-12(6-4-11)18-16(21)10-25-17-19-14-9-13(20(22)23)7-8-15(14)24-17/h3-9H,2,10H2,1H3,(H,18,21). The molecular formula is C17H15N3O4S. The number of nitro benzene ring substituents is 1. The smallest absolute Gasteiger partial charge is 0.271 e. The van der Waals surface area contributed by atoms with E-state index in [0.29, 0.717) is 16.3 Å². The molecule has 8 heteroatoms. The van der Waals surface area contributed by atoms with Crippen LogP contribution in [0.5, 0.6) is 0 Å². The molecule has 0 spiro atoms. The maximum absolute atomic E-state index is 12.0. The minimum atomic E-state index is -0.488. The lowest BCUT2D eigenvalue weighted by Gasteiger charge is -2.04. The van der Waals surface area contributed by atoms with Crippen molar-refractivity contribution < 1.29 is 14.1 Å². The van der Waals surface area contributed by atoms with Crippen LogP contribution in [0.15, 0.2) is 52.1 Å². The predicted octanol–water partition coefficient (Wildman–Crippen LogP) is 4.03. The second-order valence-corrected chi connectivity index (χ2v) is 6.20. The number of thioether (sulfide) groups is 1. The summed E-state index contributed by atoms with van der Waals surface area (Å²) in [7, 11) is 0. The van der Waals surface area contributed by atoms with E-state index in [2.05, 4.69) is 17.2 Å². The molecule has 3 aromatic rings. The van der Waals surface area contributed by atoms with Gasteiger partial charge in [0.05, 0.1) is 10.7 Å². The molecule has 0 radical (unpaired) electrons. The molecule has 0 unspecified atom stereocenters. The SMILES string of the molecule is CCc1ccc(NC(=O)CSc2nc3cc([N+](=O)[O-])ccc3o2)cc1. The van der Waals surface area contributed by atoms with E-state index in [-0.39, 0.29) is 17.3 Å². The number of rotatable bonds is 6. The van der Waals surface area contributed by atoms with Crippen LogP contribution < -0.4 is 5.32 Å². The minimum absolute atomic E-state index is 0.0504. The molecule has 1 heterocycles. The van der Waals surface area contributed by atoms with Crippen molar-refractivity contribution in [3.05, 3.63) is 58.1 Å². The number of aryl methyl sites for hydroxylation is 1. The Kier molecular flexibility index (Phi) is 4.99. The molecule has 2 aromatic carbocycles. The number of nitrogens with zero attached hydrogens (tertiary/aromatic N) is 2. The van der Waals surface area contributed by atoms with Crippen molar-refractivity contribution >= 4 is 40.1 Å². The van der Waals surface area contributed by atoms with Crippen LogP contribution in [0.2, 0.25) is 0 Å². The number of nitrogens with one attached hydrogen (secondary N) is 1. The molecule has 0 saturated heterocycles. The van der Waals surface area contributed by atoms with Crippen LogP contribution in [-0.4, -0.2) is 21.6 Å². The summed E-state index contributed by atoms with van der Waals surface area (Å²) in [6.45, 7) is 2.07. The van der Waals surface area contributed by atoms with Gasteiger partial charge in [0.25, 0.3) is 10.9 Å².